The molecule has 2 heterocycles. The number of amides is 2. The van der Waals surface area contributed by atoms with Gasteiger partial charge in [0.05, 0.1) is 0 Å². The molecule has 0 bridgehead atoms. The molecule has 1 atom stereocenters. The molecule has 2 rings (SSSR count). The molecule has 0 saturated carbocycles. The summed E-state index contributed by atoms with van der Waals surface area (Å²) in [6.45, 7) is 14.0. The number of urea groups is 1. The van der Waals surface area contributed by atoms with Crippen LogP contribution in [0.15, 0.2) is 0 Å². The summed E-state index contributed by atoms with van der Waals surface area (Å²) in [5.41, 5.74) is 0.375. The molecule has 1 unspecified atom stereocenters. The Kier molecular flexibility index (Phi) is 6.09. The van der Waals surface area contributed by atoms with Gasteiger partial charge in [0.2, 0.25) is 0 Å². The van der Waals surface area contributed by atoms with Crippen LogP contribution in [0.5, 0.6) is 0 Å². The van der Waals surface area contributed by atoms with Gasteiger partial charge >= 0.3 is 6.03 Å². The zero-order valence-corrected chi connectivity index (χ0v) is 14.9. The van der Waals surface area contributed by atoms with Crippen molar-refractivity contribution >= 4 is 6.03 Å². The molecule has 5 heteroatoms. The van der Waals surface area contributed by atoms with Crippen LogP contribution in [-0.4, -0.2) is 79.6 Å². The number of hydrogen-bond donors (Lipinski definition) is 1. The molecule has 2 amide bonds. The standard InChI is InChI=1S/C17H34N4O/c1-15(14-20-12-10-19(4)11-13-20)18-16(22)21-8-5-6-17(2,3)7-9-21/h15H,5-14H2,1-4H3,(H,18,22). The lowest BCUT2D eigenvalue weighted by Gasteiger charge is -2.34. The highest BCUT2D eigenvalue weighted by Crippen LogP contribution is 2.29. The maximum absolute atomic E-state index is 12.5. The third-order valence-corrected chi connectivity index (χ3v) is 5.13. The molecule has 2 saturated heterocycles. The molecule has 0 aromatic heterocycles. The van der Waals surface area contributed by atoms with Crippen LogP contribution in [0.4, 0.5) is 4.79 Å². The molecule has 1 N–H and O–H groups in total. The highest BCUT2D eigenvalue weighted by Gasteiger charge is 2.26. The Morgan fingerprint density at radius 2 is 1.77 bits per heavy atom. The van der Waals surface area contributed by atoms with Crippen molar-refractivity contribution in [1.29, 1.82) is 0 Å². The van der Waals surface area contributed by atoms with Crippen LogP contribution in [0.25, 0.3) is 0 Å². The number of rotatable bonds is 3. The Bertz CT molecular complexity index is 364. The van der Waals surface area contributed by atoms with E-state index in [0.29, 0.717) is 5.41 Å². The van der Waals surface area contributed by atoms with E-state index >= 15 is 0 Å². The fraction of sp³-hybridized carbons (Fsp3) is 0.941. The Morgan fingerprint density at radius 1 is 1.09 bits per heavy atom. The van der Waals surface area contributed by atoms with Crippen molar-refractivity contribution in [2.45, 2.75) is 46.1 Å². The van der Waals surface area contributed by atoms with Gasteiger partial charge < -0.3 is 15.1 Å². The van der Waals surface area contributed by atoms with Gasteiger partial charge in [-0.3, -0.25) is 4.90 Å². The molecule has 0 spiro atoms. The van der Waals surface area contributed by atoms with Gasteiger partial charge in [0.1, 0.15) is 0 Å². The van der Waals surface area contributed by atoms with E-state index in [4.69, 9.17) is 0 Å². The van der Waals surface area contributed by atoms with Gasteiger partial charge in [-0.05, 0) is 38.6 Å². The van der Waals surface area contributed by atoms with Crippen molar-refractivity contribution in [3.05, 3.63) is 0 Å². The second-order valence-corrected chi connectivity index (χ2v) is 7.96. The minimum Gasteiger partial charge on any atom is -0.334 e. The summed E-state index contributed by atoms with van der Waals surface area (Å²) in [7, 11) is 2.17. The number of nitrogens with one attached hydrogen (secondary N) is 1. The highest BCUT2D eigenvalue weighted by molar-refractivity contribution is 5.74. The number of nitrogens with zero attached hydrogens (tertiary/aromatic N) is 3. The number of likely N-dealkylation sites (tertiary alicyclic amines) is 1. The largest absolute Gasteiger partial charge is 0.334 e. The molecule has 0 aromatic rings. The SMILES string of the molecule is CC(CN1CCN(C)CC1)NC(=O)N1CCCC(C)(C)CC1. The molecule has 2 aliphatic heterocycles. The van der Waals surface area contributed by atoms with Crippen LogP contribution < -0.4 is 5.32 Å². The first kappa shape index (κ1) is 17.5. The van der Waals surface area contributed by atoms with Gasteiger partial charge in [-0.1, -0.05) is 13.8 Å². The van der Waals surface area contributed by atoms with E-state index in [9.17, 15) is 4.79 Å². The zero-order chi connectivity index (χ0) is 16.2. The van der Waals surface area contributed by atoms with Gasteiger partial charge in [0.15, 0.2) is 0 Å². The van der Waals surface area contributed by atoms with Crippen molar-refractivity contribution in [2.75, 3.05) is 52.9 Å². The summed E-state index contributed by atoms with van der Waals surface area (Å²) >= 11 is 0. The number of carbonyl (C=O) groups excluding carboxylic acids is 1. The van der Waals surface area contributed by atoms with Crippen LogP contribution >= 0.6 is 0 Å². The van der Waals surface area contributed by atoms with E-state index in [2.05, 4.69) is 42.9 Å². The fourth-order valence-electron chi connectivity index (χ4n) is 3.39. The Hall–Kier alpha value is -0.810. The molecule has 0 aliphatic carbocycles. The molecule has 2 fully saturated rings. The Balaban J connectivity index is 1.73. The lowest BCUT2D eigenvalue weighted by molar-refractivity contribution is 0.141. The lowest BCUT2D eigenvalue weighted by Crippen LogP contribution is -2.51. The van der Waals surface area contributed by atoms with E-state index in [1.807, 2.05) is 4.90 Å². The zero-order valence-electron chi connectivity index (χ0n) is 14.9. The van der Waals surface area contributed by atoms with E-state index in [-0.39, 0.29) is 12.1 Å². The third kappa shape index (κ3) is 5.43. The van der Waals surface area contributed by atoms with Gasteiger partial charge in [0.25, 0.3) is 0 Å². The van der Waals surface area contributed by atoms with Crippen molar-refractivity contribution in [3.8, 4) is 0 Å². The molecular formula is C17H34N4O. The van der Waals surface area contributed by atoms with E-state index < -0.39 is 0 Å². The first-order chi connectivity index (χ1) is 10.4. The van der Waals surface area contributed by atoms with Crippen LogP contribution in [0.1, 0.15) is 40.0 Å². The van der Waals surface area contributed by atoms with Gasteiger partial charge in [0, 0.05) is 51.9 Å². The number of hydrogen-bond acceptors (Lipinski definition) is 3. The van der Waals surface area contributed by atoms with Crippen LogP contribution in [0, 0.1) is 5.41 Å². The quantitative estimate of drug-likeness (QED) is 0.864. The molecule has 2 aliphatic rings. The topological polar surface area (TPSA) is 38.8 Å². The summed E-state index contributed by atoms with van der Waals surface area (Å²) in [5, 5.41) is 3.19. The Morgan fingerprint density at radius 3 is 2.45 bits per heavy atom. The van der Waals surface area contributed by atoms with E-state index in [1.54, 1.807) is 0 Å². The average Bonchev–Trinajstić information content (AvgIpc) is 2.62. The van der Waals surface area contributed by atoms with Crippen molar-refractivity contribution in [2.24, 2.45) is 5.41 Å². The predicted octanol–water partition coefficient (Wildman–Crippen LogP) is 1.84. The summed E-state index contributed by atoms with van der Waals surface area (Å²) in [5.74, 6) is 0. The first-order valence-corrected chi connectivity index (χ1v) is 8.82. The summed E-state index contributed by atoms with van der Waals surface area (Å²) in [6.07, 6.45) is 3.44. The maximum Gasteiger partial charge on any atom is 0.317 e. The molecular weight excluding hydrogens is 276 g/mol. The van der Waals surface area contributed by atoms with Crippen LogP contribution in [-0.2, 0) is 0 Å². The fourth-order valence-corrected chi connectivity index (χ4v) is 3.39. The first-order valence-electron chi connectivity index (χ1n) is 8.82. The molecule has 5 nitrogen and oxygen atoms in total. The molecule has 22 heavy (non-hydrogen) atoms. The Labute approximate surface area is 136 Å². The van der Waals surface area contributed by atoms with Gasteiger partial charge in [-0.25, -0.2) is 4.79 Å². The predicted molar refractivity (Wildman–Crippen MR) is 91.1 cm³/mol. The summed E-state index contributed by atoms with van der Waals surface area (Å²) in [4.78, 5) is 19.3. The summed E-state index contributed by atoms with van der Waals surface area (Å²) < 4.78 is 0. The van der Waals surface area contributed by atoms with Crippen LogP contribution in [0.2, 0.25) is 0 Å². The van der Waals surface area contributed by atoms with Crippen molar-refractivity contribution in [3.63, 3.8) is 0 Å². The lowest BCUT2D eigenvalue weighted by atomic mass is 9.85. The second kappa shape index (κ2) is 7.64. The smallest absolute Gasteiger partial charge is 0.317 e. The van der Waals surface area contributed by atoms with Crippen molar-refractivity contribution < 1.29 is 4.79 Å². The normalized spacial score (nSPS) is 25.5. The second-order valence-electron chi connectivity index (χ2n) is 7.96. The minimum absolute atomic E-state index is 0.124. The molecule has 0 aromatic carbocycles. The molecule has 128 valence electrons. The highest BCUT2D eigenvalue weighted by atomic mass is 16.2. The number of likely N-dealkylation sites (N-methyl/N-ethyl adjacent to an activating group) is 1. The van der Waals surface area contributed by atoms with Gasteiger partial charge in [-0.2, -0.15) is 0 Å². The maximum atomic E-state index is 12.5. The van der Waals surface area contributed by atoms with E-state index in [1.165, 1.54) is 6.42 Å². The van der Waals surface area contributed by atoms with E-state index in [0.717, 1.165) is 58.7 Å². The van der Waals surface area contributed by atoms with Gasteiger partial charge in [-0.15, -0.1) is 0 Å². The van der Waals surface area contributed by atoms with Crippen LogP contribution in [0.3, 0.4) is 0 Å². The van der Waals surface area contributed by atoms with Crippen molar-refractivity contribution in [1.82, 2.24) is 20.0 Å². The number of carbonyl (C=O) groups is 1. The summed E-state index contributed by atoms with van der Waals surface area (Å²) in [6, 6.07) is 0.339. The monoisotopic (exact) mass is 310 g/mol. The molecule has 0 radical (unpaired) electrons. The minimum atomic E-state index is 0.124. The third-order valence-electron chi connectivity index (χ3n) is 5.13. The number of piperazine rings is 1. The average molecular weight is 310 g/mol.